The molecule has 2 fully saturated rings. The van der Waals surface area contributed by atoms with E-state index >= 15 is 0 Å². The molecular weight excluding hydrogens is 580 g/mol. The Hall–Kier alpha value is -4.51. The van der Waals surface area contributed by atoms with E-state index < -0.39 is 34.1 Å². The summed E-state index contributed by atoms with van der Waals surface area (Å²) in [7, 11) is 1.37. The van der Waals surface area contributed by atoms with Gasteiger partial charge in [-0.05, 0) is 30.5 Å². The summed E-state index contributed by atoms with van der Waals surface area (Å²) in [6.45, 7) is -0.188. The van der Waals surface area contributed by atoms with Gasteiger partial charge < -0.3 is 24.9 Å². The monoisotopic (exact) mass is 602 g/mol. The number of rotatable bonds is 12. The summed E-state index contributed by atoms with van der Waals surface area (Å²) in [5.41, 5.74) is 0.336. The minimum Gasteiger partial charge on any atom is -0.498 e. The number of carbonyl (C=O) groups is 4. The Morgan fingerprint density at radius 1 is 1.29 bits per heavy atom. The minimum atomic E-state index is -0.985. The van der Waals surface area contributed by atoms with Crippen molar-refractivity contribution < 1.29 is 38.4 Å². The van der Waals surface area contributed by atoms with Crippen molar-refractivity contribution in [2.75, 3.05) is 18.2 Å². The van der Waals surface area contributed by atoms with Gasteiger partial charge in [-0.15, -0.1) is 23.1 Å². The van der Waals surface area contributed by atoms with Crippen LogP contribution in [0.25, 0.3) is 0 Å². The minimum absolute atomic E-state index is 0.0799. The molecule has 0 spiro atoms. The first-order chi connectivity index (χ1) is 19.8. The van der Waals surface area contributed by atoms with Gasteiger partial charge in [-0.25, -0.2) is 9.78 Å². The van der Waals surface area contributed by atoms with Crippen LogP contribution >= 0.6 is 23.1 Å². The molecule has 0 unspecified atom stereocenters. The fraction of sp³-hybridized carbons (Fsp3) is 0.333. The van der Waals surface area contributed by atoms with E-state index in [1.165, 1.54) is 53.4 Å². The molecule has 0 bridgehead atoms. The summed E-state index contributed by atoms with van der Waals surface area (Å²) < 4.78 is 10.7. The third-order valence-corrected chi connectivity index (χ3v) is 8.17. The molecule has 2 aromatic rings. The number of hydrogen-bond acceptors (Lipinski definition) is 13. The highest BCUT2D eigenvalue weighted by Gasteiger charge is 2.55. The largest absolute Gasteiger partial charge is 0.498 e. The topological polar surface area (TPSA) is 192 Å². The molecule has 1 saturated carbocycles. The van der Waals surface area contributed by atoms with Gasteiger partial charge in [-0.2, -0.15) is 0 Å². The number of hydrogen-bond donors (Lipinski definition) is 2. The lowest BCUT2D eigenvalue weighted by atomic mass is 10.0. The third kappa shape index (κ3) is 5.99. The first-order valence-corrected chi connectivity index (χ1v) is 14.1. The van der Waals surface area contributed by atoms with Crippen molar-refractivity contribution >= 4 is 63.8 Å². The molecule has 1 aliphatic carbocycles. The van der Waals surface area contributed by atoms with Gasteiger partial charge in [0, 0.05) is 17.5 Å². The first-order valence-electron chi connectivity index (χ1n) is 12.1. The fourth-order valence-electron chi connectivity index (χ4n) is 3.88. The number of esters is 1. The smallest absolute Gasteiger partial charge is 0.358 e. The van der Waals surface area contributed by atoms with Crippen molar-refractivity contribution in [2.24, 2.45) is 5.16 Å². The standard InChI is InChI=1S/C24H22N6O9S2/c1-37-16-10-40-22-18(27-20(32)17(28-39-14-6-7-14)15-9-41-24(26-15)25-11-31)21(33)29(22)19(16)23(34)38-8-12-2-4-13(5-3-12)30(35)36/h2-5,9,11,14,18,22H,6-8,10H2,1H3,(H,27,32)(H,25,26,31)/t18-,22-/m1/s1. The highest BCUT2D eigenvalue weighted by atomic mass is 32.2. The number of nitrogens with zero attached hydrogens (tertiary/aromatic N) is 4. The second-order valence-electron chi connectivity index (χ2n) is 8.88. The predicted octanol–water partition coefficient (Wildman–Crippen LogP) is 1.50. The van der Waals surface area contributed by atoms with E-state index in [0.717, 1.165) is 24.2 Å². The Balaban J connectivity index is 1.27. The Morgan fingerprint density at radius 3 is 2.71 bits per heavy atom. The summed E-state index contributed by atoms with van der Waals surface area (Å²) in [6.07, 6.45) is 1.97. The summed E-state index contributed by atoms with van der Waals surface area (Å²) in [6, 6.07) is 4.52. The SMILES string of the molecule is COC1=C(C(=O)OCc2ccc([N+](=O)[O-])cc2)N2C(=O)[C@@H](NC(=O)C(=NOC3CC3)c3csc(NC=O)n3)[C@H]2SC1. The van der Waals surface area contributed by atoms with Gasteiger partial charge in [0.2, 0.25) is 6.41 Å². The molecule has 1 saturated heterocycles. The maximum atomic E-state index is 13.2. The lowest BCUT2D eigenvalue weighted by Gasteiger charge is -2.49. The highest BCUT2D eigenvalue weighted by molar-refractivity contribution is 8.00. The molecule has 3 heterocycles. The number of thioether (sulfide) groups is 1. The summed E-state index contributed by atoms with van der Waals surface area (Å²) in [5, 5.41) is 21.0. The zero-order chi connectivity index (χ0) is 29.1. The predicted molar refractivity (Wildman–Crippen MR) is 144 cm³/mol. The van der Waals surface area contributed by atoms with E-state index in [4.69, 9.17) is 14.3 Å². The Bertz CT molecular complexity index is 1450. The van der Waals surface area contributed by atoms with Crippen LogP contribution in [-0.2, 0) is 40.1 Å². The van der Waals surface area contributed by atoms with E-state index in [1.54, 1.807) is 0 Å². The van der Waals surface area contributed by atoms with E-state index in [9.17, 15) is 29.3 Å². The lowest BCUT2D eigenvalue weighted by molar-refractivity contribution is -0.384. The maximum Gasteiger partial charge on any atom is 0.358 e. The van der Waals surface area contributed by atoms with Gasteiger partial charge in [0.25, 0.3) is 17.5 Å². The summed E-state index contributed by atoms with van der Waals surface area (Å²) in [4.78, 5) is 71.3. The molecular formula is C24H22N6O9S2. The first kappa shape index (κ1) is 28.0. The lowest BCUT2D eigenvalue weighted by Crippen LogP contribution is -2.71. The van der Waals surface area contributed by atoms with Crippen LogP contribution in [0, 0.1) is 10.1 Å². The molecule has 214 valence electrons. The van der Waals surface area contributed by atoms with Crippen molar-refractivity contribution in [3.63, 3.8) is 0 Å². The van der Waals surface area contributed by atoms with Crippen LogP contribution in [0.2, 0.25) is 0 Å². The molecule has 1 aromatic heterocycles. The second kappa shape index (κ2) is 11.9. The summed E-state index contributed by atoms with van der Waals surface area (Å²) >= 11 is 2.38. The number of nitrogens with one attached hydrogen (secondary N) is 2. The number of anilines is 1. The number of benzene rings is 1. The van der Waals surface area contributed by atoms with Gasteiger partial charge >= 0.3 is 5.97 Å². The Morgan fingerprint density at radius 2 is 2.05 bits per heavy atom. The Kier molecular flexibility index (Phi) is 8.16. The molecule has 17 heteroatoms. The zero-order valence-electron chi connectivity index (χ0n) is 21.3. The van der Waals surface area contributed by atoms with Crippen LogP contribution in [0.1, 0.15) is 24.1 Å². The number of amides is 3. The van der Waals surface area contributed by atoms with Crippen LogP contribution in [0.5, 0.6) is 0 Å². The molecule has 2 atom stereocenters. The molecule has 2 aliphatic heterocycles. The van der Waals surface area contributed by atoms with Crippen LogP contribution in [0.15, 0.2) is 46.3 Å². The van der Waals surface area contributed by atoms with E-state index in [0.29, 0.717) is 12.0 Å². The third-order valence-electron chi connectivity index (χ3n) is 6.14. The molecule has 3 aliphatic rings. The number of aromatic nitrogens is 1. The second-order valence-corrected chi connectivity index (χ2v) is 10.8. The number of carbonyl (C=O) groups excluding carboxylic acids is 4. The van der Waals surface area contributed by atoms with Crippen molar-refractivity contribution in [3.8, 4) is 0 Å². The Labute approximate surface area is 240 Å². The number of non-ortho nitro benzene ring substituents is 1. The van der Waals surface area contributed by atoms with Crippen LogP contribution in [0.3, 0.4) is 0 Å². The molecule has 5 rings (SSSR count). The summed E-state index contributed by atoms with van der Waals surface area (Å²) in [5.74, 6) is -1.62. The number of nitro benzene ring substituents is 1. The number of oxime groups is 1. The van der Waals surface area contributed by atoms with Gasteiger partial charge in [-0.3, -0.25) is 29.4 Å². The maximum absolute atomic E-state index is 13.2. The van der Waals surface area contributed by atoms with Crippen LogP contribution in [0.4, 0.5) is 10.8 Å². The van der Waals surface area contributed by atoms with Gasteiger partial charge in [0.1, 0.15) is 35.6 Å². The van der Waals surface area contributed by atoms with Crippen LogP contribution in [-0.4, -0.2) is 75.1 Å². The number of β-lactam (4-membered cyclic amide) rings is 1. The quantitative estimate of drug-likeness (QED) is 0.0893. The number of nitro groups is 1. The molecule has 41 heavy (non-hydrogen) atoms. The molecule has 15 nitrogen and oxygen atoms in total. The van der Waals surface area contributed by atoms with Gasteiger partial charge in [-0.1, -0.05) is 5.16 Å². The average Bonchev–Trinajstić information content (AvgIpc) is 3.70. The van der Waals surface area contributed by atoms with Crippen molar-refractivity contribution in [1.29, 1.82) is 0 Å². The van der Waals surface area contributed by atoms with E-state index in [-0.39, 0.29) is 52.1 Å². The zero-order valence-corrected chi connectivity index (χ0v) is 22.9. The fourth-order valence-corrected chi connectivity index (χ4v) is 5.85. The highest BCUT2D eigenvalue weighted by Crippen LogP contribution is 2.41. The number of fused-ring (bicyclic) bond motifs is 1. The van der Waals surface area contributed by atoms with Crippen molar-refractivity contribution in [2.45, 2.75) is 37.0 Å². The van der Waals surface area contributed by atoms with Crippen molar-refractivity contribution in [3.05, 3.63) is 62.5 Å². The van der Waals surface area contributed by atoms with Crippen LogP contribution < -0.4 is 10.6 Å². The van der Waals surface area contributed by atoms with Gasteiger partial charge in [0.15, 0.2) is 16.5 Å². The molecule has 0 radical (unpaired) electrons. The van der Waals surface area contributed by atoms with Crippen molar-refractivity contribution in [1.82, 2.24) is 15.2 Å². The molecule has 2 N–H and O–H groups in total. The van der Waals surface area contributed by atoms with E-state index in [2.05, 4.69) is 20.8 Å². The number of methoxy groups -OCH3 is 1. The van der Waals surface area contributed by atoms with E-state index in [1.807, 2.05) is 0 Å². The molecule has 1 aromatic carbocycles. The van der Waals surface area contributed by atoms with Gasteiger partial charge in [0.05, 0.1) is 17.8 Å². The molecule has 3 amide bonds. The number of thiazole rings is 1. The normalized spacial score (nSPS) is 20.0. The average molecular weight is 603 g/mol. The number of ether oxygens (including phenoxy) is 2.